The van der Waals surface area contributed by atoms with Crippen LogP contribution in [0.25, 0.3) is 0 Å². The molecule has 1 unspecified atom stereocenters. The summed E-state index contributed by atoms with van der Waals surface area (Å²) in [5.41, 5.74) is 0. The molecular weight excluding hydrogens is 288 g/mol. The van der Waals surface area contributed by atoms with E-state index in [2.05, 4.69) is 0 Å². The number of ether oxygens (including phenoxy) is 2. The Hall–Kier alpha value is -2.16. The second-order valence-corrected chi connectivity index (χ2v) is 3.43. The first-order valence-corrected chi connectivity index (χ1v) is 5.61. The minimum absolute atomic E-state index is 0.132. The predicted molar refractivity (Wildman–Crippen MR) is 73.0 cm³/mol. The van der Waals surface area contributed by atoms with Crippen LogP contribution in [0.1, 0.15) is 34.6 Å². The smallest absolute Gasteiger partial charge is 0.302 e. The van der Waals surface area contributed by atoms with Gasteiger partial charge in [0.2, 0.25) is 0 Å². The van der Waals surface area contributed by atoms with Gasteiger partial charge in [-0.2, -0.15) is 0 Å². The van der Waals surface area contributed by atoms with Gasteiger partial charge >= 0.3 is 5.97 Å². The Morgan fingerprint density at radius 1 is 0.857 bits per heavy atom. The van der Waals surface area contributed by atoms with Crippen molar-refractivity contribution in [1.29, 1.82) is 0 Å². The Kier molecular flexibility index (Phi) is 26.1. The van der Waals surface area contributed by atoms with Crippen molar-refractivity contribution >= 4 is 23.9 Å². The monoisotopic (exact) mass is 312 g/mol. The largest absolute Gasteiger partial charge is 0.481 e. The number of carbonyl (C=O) groups excluding carboxylic acids is 1. The summed E-state index contributed by atoms with van der Waals surface area (Å²) >= 11 is 0. The summed E-state index contributed by atoms with van der Waals surface area (Å²) in [6, 6.07) is 0. The first-order valence-electron chi connectivity index (χ1n) is 5.61. The van der Waals surface area contributed by atoms with Crippen LogP contribution in [0.2, 0.25) is 0 Å². The Morgan fingerprint density at radius 3 is 1.24 bits per heavy atom. The lowest BCUT2D eigenvalue weighted by Gasteiger charge is -2.08. The molecule has 0 saturated carbocycles. The van der Waals surface area contributed by atoms with Crippen LogP contribution >= 0.6 is 0 Å². The summed E-state index contributed by atoms with van der Waals surface area (Å²) < 4.78 is 9.45. The third kappa shape index (κ3) is 191. The van der Waals surface area contributed by atoms with Gasteiger partial charge < -0.3 is 24.8 Å². The fourth-order valence-corrected chi connectivity index (χ4v) is 0.552. The molecule has 0 aromatic carbocycles. The van der Waals surface area contributed by atoms with Gasteiger partial charge in [0.15, 0.2) is 0 Å². The van der Waals surface area contributed by atoms with E-state index >= 15 is 0 Å². The van der Waals surface area contributed by atoms with Gasteiger partial charge in [0.05, 0.1) is 6.61 Å². The summed E-state index contributed by atoms with van der Waals surface area (Å²) in [7, 11) is 1.57. The van der Waals surface area contributed by atoms with E-state index in [0.29, 0.717) is 6.61 Å². The Bertz CT molecular complexity index is 259. The van der Waals surface area contributed by atoms with Crippen molar-refractivity contribution in [2.45, 2.75) is 40.7 Å². The van der Waals surface area contributed by atoms with Gasteiger partial charge in [-0.25, -0.2) is 0 Å². The van der Waals surface area contributed by atoms with Crippen LogP contribution in [0, 0.1) is 0 Å². The number of carboxylic acids is 3. The zero-order valence-electron chi connectivity index (χ0n) is 13.1. The molecule has 3 N–H and O–H groups in total. The second kappa shape index (κ2) is 20.2. The van der Waals surface area contributed by atoms with Crippen molar-refractivity contribution in [3.8, 4) is 0 Å². The molecule has 0 aliphatic rings. The fourth-order valence-electron chi connectivity index (χ4n) is 0.552. The van der Waals surface area contributed by atoms with E-state index in [4.69, 9.17) is 39.2 Å². The quantitative estimate of drug-likeness (QED) is 0.645. The Morgan fingerprint density at radius 2 is 1.10 bits per heavy atom. The maximum Gasteiger partial charge on any atom is 0.302 e. The van der Waals surface area contributed by atoms with E-state index in [-0.39, 0.29) is 12.1 Å². The molecule has 0 saturated heterocycles. The Labute approximate surface area is 123 Å². The summed E-state index contributed by atoms with van der Waals surface area (Å²) in [4.78, 5) is 37.3. The molecular formula is C12H24O9. The van der Waals surface area contributed by atoms with Crippen molar-refractivity contribution in [1.82, 2.24) is 0 Å². The molecule has 0 bridgehead atoms. The molecule has 9 heteroatoms. The molecule has 0 spiro atoms. The molecule has 0 rings (SSSR count). The molecule has 0 amide bonds. The number of carbonyl (C=O) groups is 4. The van der Waals surface area contributed by atoms with Crippen molar-refractivity contribution in [3.05, 3.63) is 0 Å². The molecule has 0 aliphatic carbocycles. The highest BCUT2D eigenvalue weighted by atomic mass is 16.6. The number of rotatable bonds is 3. The molecule has 0 aromatic heterocycles. The highest BCUT2D eigenvalue weighted by molar-refractivity contribution is 5.66. The van der Waals surface area contributed by atoms with Gasteiger partial charge in [0.1, 0.15) is 6.10 Å². The summed E-state index contributed by atoms with van der Waals surface area (Å²) in [6.45, 7) is 6.87. The molecule has 0 heterocycles. The standard InChI is InChI=1S/C6H12O3.3C2H4O2/c1-5(4-8-3)9-6(2)7;3*1-2(3)4/h5H,4H2,1-3H3;3*1H3,(H,3,4). The predicted octanol–water partition coefficient (Wildman–Crippen LogP) is 0.857. The van der Waals surface area contributed by atoms with E-state index in [1.807, 2.05) is 0 Å². The highest BCUT2D eigenvalue weighted by Crippen LogP contribution is 1.90. The van der Waals surface area contributed by atoms with E-state index < -0.39 is 17.9 Å². The van der Waals surface area contributed by atoms with E-state index in [1.165, 1.54) is 6.92 Å². The minimum atomic E-state index is -0.833. The number of aliphatic carboxylic acids is 3. The highest BCUT2D eigenvalue weighted by Gasteiger charge is 2.02. The van der Waals surface area contributed by atoms with Gasteiger partial charge in [-0.05, 0) is 6.92 Å². The van der Waals surface area contributed by atoms with Crippen LogP contribution in [0.15, 0.2) is 0 Å². The zero-order valence-corrected chi connectivity index (χ0v) is 13.1. The Balaban J connectivity index is -0.000000102. The SMILES string of the molecule is CC(=O)O.CC(=O)O.CC(=O)O.COCC(C)OC(C)=O. The van der Waals surface area contributed by atoms with E-state index in [0.717, 1.165) is 20.8 Å². The average Bonchev–Trinajstić information content (AvgIpc) is 2.12. The summed E-state index contributed by atoms with van der Waals surface area (Å²) in [5, 5.41) is 22.2. The first-order chi connectivity index (χ1) is 9.36. The minimum Gasteiger partial charge on any atom is -0.481 e. The van der Waals surface area contributed by atoms with Gasteiger partial charge in [-0.15, -0.1) is 0 Å². The van der Waals surface area contributed by atoms with Crippen molar-refractivity contribution in [3.63, 3.8) is 0 Å². The summed E-state index contributed by atoms with van der Waals surface area (Å²) in [5.74, 6) is -2.76. The van der Waals surface area contributed by atoms with Crippen LogP contribution in [0.4, 0.5) is 0 Å². The maximum absolute atomic E-state index is 10.3. The van der Waals surface area contributed by atoms with Crippen molar-refractivity contribution in [2.24, 2.45) is 0 Å². The summed E-state index contributed by atoms with van der Waals surface area (Å²) in [6.07, 6.45) is -0.132. The van der Waals surface area contributed by atoms with Crippen LogP contribution in [-0.4, -0.2) is 59.0 Å². The molecule has 0 aromatic rings. The molecule has 1 atom stereocenters. The number of hydrogen-bond donors (Lipinski definition) is 3. The zero-order chi connectivity index (χ0) is 18.0. The third-order valence-electron chi connectivity index (χ3n) is 0.769. The second-order valence-electron chi connectivity index (χ2n) is 3.43. The van der Waals surface area contributed by atoms with Crippen molar-refractivity contribution < 1.29 is 44.0 Å². The van der Waals surface area contributed by atoms with E-state index in [1.54, 1.807) is 14.0 Å². The maximum atomic E-state index is 10.3. The average molecular weight is 312 g/mol. The molecule has 0 radical (unpaired) electrons. The number of esters is 1. The lowest BCUT2D eigenvalue weighted by molar-refractivity contribution is -0.147. The van der Waals surface area contributed by atoms with Gasteiger partial charge in [0, 0.05) is 34.8 Å². The van der Waals surface area contributed by atoms with Gasteiger partial charge in [-0.3, -0.25) is 19.2 Å². The number of carboxylic acid groups (broad SMARTS) is 3. The van der Waals surface area contributed by atoms with Crippen LogP contribution in [-0.2, 0) is 28.7 Å². The normalized spacial score (nSPS) is 9.05. The van der Waals surface area contributed by atoms with Crippen LogP contribution in [0.3, 0.4) is 0 Å². The topological polar surface area (TPSA) is 147 Å². The molecule has 0 aliphatic heterocycles. The van der Waals surface area contributed by atoms with Crippen LogP contribution < -0.4 is 0 Å². The third-order valence-corrected chi connectivity index (χ3v) is 0.769. The van der Waals surface area contributed by atoms with Crippen LogP contribution in [0.5, 0.6) is 0 Å². The van der Waals surface area contributed by atoms with Gasteiger partial charge in [-0.1, -0.05) is 0 Å². The number of methoxy groups -OCH3 is 1. The lowest BCUT2D eigenvalue weighted by atomic mass is 10.4. The first kappa shape index (κ1) is 27.2. The number of hydrogen-bond acceptors (Lipinski definition) is 6. The van der Waals surface area contributed by atoms with Crippen molar-refractivity contribution in [2.75, 3.05) is 13.7 Å². The fraction of sp³-hybridized carbons (Fsp3) is 0.667. The molecule has 126 valence electrons. The molecule has 0 fully saturated rings. The lowest BCUT2D eigenvalue weighted by Crippen LogP contribution is -2.17. The van der Waals surface area contributed by atoms with Gasteiger partial charge in [0.25, 0.3) is 17.9 Å². The molecule has 21 heavy (non-hydrogen) atoms. The van der Waals surface area contributed by atoms with E-state index in [9.17, 15) is 4.79 Å². The molecule has 9 nitrogen and oxygen atoms in total.